The number of halogens is 1. The van der Waals surface area contributed by atoms with E-state index in [0.717, 1.165) is 32.6 Å². The summed E-state index contributed by atoms with van der Waals surface area (Å²) >= 11 is 6.36. The Labute approximate surface area is 206 Å². The minimum absolute atomic E-state index is 0.345. The smallest absolute Gasteiger partial charge is 0.331 e. The summed E-state index contributed by atoms with van der Waals surface area (Å²) in [4.78, 5) is 26.7. The highest BCUT2D eigenvalue weighted by Gasteiger charge is 2.36. The Morgan fingerprint density at radius 2 is 1.63 bits per heavy atom. The number of fused-ring (bicyclic) bond motifs is 5. The van der Waals surface area contributed by atoms with Crippen LogP contribution in [0.3, 0.4) is 0 Å². The average Bonchev–Trinajstić information content (AvgIpc) is 3.23. The first-order valence-corrected chi connectivity index (χ1v) is 11.7. The molecule has 174 valence electrons. The fourth-order valence-corrected chi connectivity index (χ4v) is 5.19. The summed E-state index contributed by atoms with van der Waals surface area (Å²) in [6.45, 7) is 2.02. The molecule has 0 spiro atoms. The Morgan fingerprint density at radius 3 is 2.37 bits per heavy atom. The summed E-state index contributed by atoms with van der Waals surface area (Å²) in [7, 11) is 3.21. The Bertz CT molecular complexity index is 1760. The second-order valence-electron chi connectivity index (χ2n) is 8.89. The molecule has 0 amide bonds. The van der Waals surface area contributed by atoms with Gasteiger partial charge in [-0.25, -0.2) is 4.79 Å². The zero-order chi connectivity index (χ0) is 24.4. The van der Waals surface area contributed by atoms with Crippen molar-refractivity contribution in [1.82, 2.24) is 13.7 Å². The van der Waals surface area contributed by atoms with Gasteiger partial charge in [-0.2, -0.15) is 0 Å². The number of nitrogens with zero attached hydrogens (tertiary/aromatic N) is 3. The van der Waals surface area contributed by atoms with E-state index in [4.69, 9.17) is 16.3 Å². The van der Waals surface area contributed by atoms with Crippen LogP contribution >= 0.6 is 11.6 Å². The fraction of sp³-hybridized carbons (Fsp3) is 0.143. The molecule has 7 heteroatoms. The van der Waals surface area contributed by atoms with Gasteiger partial charge in [0.25, 0.3) is 5.56 Å². The molecule has 2 aromatic heterocycles. The molecular formula is C28H22ClN3O3. The maximum Gasteiger partial charge on any atom is 0.331 e. The first kappa shape index (κ1) is 21.5. The van der Waals surface area contributed by atoms with Crippen molar-refractivity contribution in [2.24, 2.45) is 14.1 Å². The molecule has 6 nitrogen and oxygen atoms in total. The van der Waals surface area contributed by atoms with Crippen molar-refractivity contribution in [3.8, 4) is 22.7 Å². The molecule has 3 aromatic carbocycles. The van der Waals surface area contributed by atoms with Crippen molar-refractivity contribution in [1.29, 1.82) is 0 Å². The Balaban J connectivity index is 1.86. The lowest BCUT2D eigenvalue weighted by Crippen LogP contribution is -2.37. The topological polar surface area (TPSA) is 58.2 Å². The highest BCUT2D eigenvalue weighted by molar-refractivity contribution is 6.30. The molecule has 0 saturated heterocycles. The van der Waals surface area contributed by atoms with E-state index in [1.165, 1.54) is 11.6 Å². The summed E-state index contributed by atoms with van der Waals surface area (Å²) in [5.41, 5.74) is 4.89. The van der Waals surface area contributed by atoms with Crippen LogP contribution in [0.1, 0.15) is 22.9 Å². The van der Waals surface area contributed by atoms with E-state index in [1.807, 2.05) is 79.7 Å². The minimum atomic E-state index is -0.581. The summed E-state index contributed by atoms with van der Waals surface area (Å²) in [5, 5.41) is 1.05. The van der Waals surface area contributed by atoms with E-state index in [0.29, 0.717) is 27.4 Å². The van der Waals surface area contributed by atoms with Crippen LogP contribution in [0.4, 0.5) is 0 Å². The van der Waals surface area contributed by atoms with Crippen molar-refractivity contribution in [3.63, 3.8) is 0 Å². The highest BCUT2D eigenvalue weighted by atomic mass is 35.5. The fourth-order valence-electron chi connectivity index (χ4n) is 4.99. The average molecular weight is 484 g/mol. The summed E-state index contributed by atoms with van der Waals surface area (Å²) in [6.07, 6.45) is -0.581. The molecule has 1 atom stereocenters. The van der Waals surface area contributed by atoms with E-state index < -0.39 is 11.8 Å². The molecule has 0 aliphatic carbocycles. The van der Waals surface area contributed by atoms with Crippen molar-refractivity contribution in [2.75, 3.05) is 0 Å². The number of benzene rings is 3. The van der Waals surface area contributed by atoms with E-state index in [9.17, 15) is 9.59 Å². The van der Waals surface area contributed by atoms with Gasteiger partial charge in [0.15, 0.2) is 6.10 Å². The molecule has 35 heavy (non-hydrogen) atoms. The molecule has 0 N–H and O–H groups in total. The third-order valence-corrected chi connectivity index (χ3v) is 6.92. The molecule has 1 aliphatic rings. The van der Waals surface area contributed by atoms with Crippen LogP contribution in [0, 0.1) is 6.92 Å². The molecule has 0 fully saturated rings. The third-order valence-electron chi connectivity index (χ3n) is 6.68. The molecule has 0 saturated carbocycles. The molecule has 6 rings (SSSR count). The molecule has 1 aliphatic heterocycles. The number of aromatic nitrogens is 3. The van der Waals surface area contributed by atoms with Crippen molar-refractivity contribution in [2.45, 2.75) is 13.0 Å². The Hall–Kier alpha value is -4.03. The standard InChI is InChI=1S/C28H22ClN3O3/c1-16-11-13-17(14-12-16)23-22-24(30(2)28(34)31(3)27(22)33)25-26(18-7-6-8-19(29)15-18)35-21-10-5-4-9-20(21)32(23)25/h4-15,26H,1-3H3/t26-/m1/s1. The lowest BCUT2D eigenvalue weighted by molar-refractivity contribution is 0.229. The van der Waals surface area contributed by atoms with Gasteiger partial charge in [0.1, 0.15) is 5.75 Å². The van der Waals surface area contributed by atoms with Gasteiger partial charge in [-0.15, -0.1) is 0 Å². The number of para-hydroxylation sites is 2. The quantitative estimate of drug-likeness (QED) is 0.349. The van der Waals surface area contributed by atoms with Crippen LogP contribution < -0.4 is 16.0 Å². The maximum atomic E-state index is 13.7. The zero-order valence-corrected chi connectivity index (χ0v) is 20.2. The summed E-state index contributed by atoms with van der Waals surface area (Å²) in [5.74, 6) is 0.681. The van der Waals surface area contributed by atoms with Gasteiger partial charge >= 0.3 is 5.69 Å². The monoisotopic (exact) mass is 483 g/mol. The molecule has 5 aromatic rings. The first-order chi connectivity index (χ1) is 16.9. The third kappa shape index (κ3) is 3.10. The lowest BCUT2D eigenvalue weighted by Gasteiger charge is -2.30. The zero-order valence-electron chi connectivity index (χ0n) is 19.4. The molecule has 3 heterocycles. The summed E-state index contributed by atoms with van der Waals surface area (Å²) < 4.78 is 11.3. The maximum absolute atomic E-state index is 13.7. The SMILES string of the molecule is Cc1ccc(-c2c3c(=O)n(C)c(=O)n(C)c3c3n2-c2ccccc2O[C@@H]3c2cccc(Cl)c2)cc1. The number of hydrogen-bond acceptors (Lipinski definition) is 3. The molecular weight excluding hydrogens is 462 g/mol. The van der Waals surface area contributed by atoms with E-state index in [1.54, 1.807) is 7.05 Å². The second kappa shape index (κ2) is 7.75. The lowest BCUT2D eigenvalue weighted by atomic mass is 10.0. The van der Waals surface area contributed by atoms with E-state index in [2.05, 4.69) is 4.57 Å². The van der Waals surface area contributed by atoms with E-state index in [-0.39, 0.29) is 5.56 Å². The molecule has 0 unspecified atom stereocenters. The van der Waals surface area contributed by atoms with Gasteiger partial charge in [0, 0.05) is 19.1 Å². The Kier molecular flexibility index (Phi) is 4.76. The highest BCUT2D eigenvalue weighted by Crippen LogP contribution is 2.46. The van der Waals surface area contributed by atoms with Crippen LogP contribution in [-0.4, -0.2) is 13.7 Å². The van der Waals surface area contributed by atoms with Crippen LogP contribution in [0.2, 0.25) is 5.02 Å². The molecule has 0 bridgehead atoms. The predicted molar refractivity (Wildman–Crippen MR) is 138 cm³/mol. The minimum Gasteiger partial charge on any atom is -0.477 e. The normalized spacial score (nSPS) is 14.5. The van der Waals surface area contributed by atoms with Gasteiger partial charge in [0.2, 0.25) is 0 Å². The van der Waals surface area contributed by atoms with Crippen molar-refractivity contribution < 1.29 is 4.74 Å². The number of rotatable bonds is 2. The van der Waals surface area contributed by atoms with Crippen molar-refractivity contribution >= 4 is 22.5 Å². The van der Waals surface area contributed by atoms with Crippen LogP contribution in [-0.2, 0) is 14.1 Å². The van der Waals surface area contributed by atoms with Gasteiger partial charge in [0.05, 0.1) is 28.0 Å². The van der Waals surface area contributed by atoms with Crippen LogP contribution in [0.5, 0.6) is 5.75 Å². The van der Waals surface area contributed by atoms with Gasteiger partial charge < -0.3 is 9.30 Å². The van der Waals surface area contributed by atoms with Gasteiger partial charge in [-0.1, -0.05) is 65.7 Å². The van der Waals surface area contributed by atoms with Crippen molar-refractivity contribution in [3.05, 3.63) is 115 Å². The van der Waals surface area contributed by atoms with Crippen LogP contribution in [0.15, 0.2) is 82.4 Å². The van der Waals surface area contributed by atoms with Gasteiger partial charge in [-0.05, 0) is 42.3 Å². The van der Waals surface area contributed by atoms with Gasteiger partial charge in [-0.3, -0.25) is 13.9 Å². The molecule has 0 radical (unpaired) electrons. The predicted octanol–water partition coefficient (Wildman–Crippen LogP) is 5.14. The number of aryl methyl sites for hydroxylation is 2. The van der Waals surface area contributed by atoms with E-state index >= 15 is 0 Å². The number of hydrogen-bond donors (Lipinski definition) is 0. The second-order valence-corrected chi connectivity index (χ2v) is 9.32. The number of ether oxygens (including phenoxy) is 1. The largest absolute Gasteiger partial charge is 0.477 e. The first-order valence-electron chi connectivity index (χ1n) is 11.3. The Morgan fingerprint density at radius 1 is 0.886 bits per heavy atom. The van der Waals surface area contributed by atoms with Crippen LogP contribution in [0.25, 0.3) is 27.8 Å². The summed E-state index contributed by atoms with van der Waals surface area (Å²) in [6, 6.07) is 23.3.